The minimum atomic E-state index is -0.439. The molecule has 0 spiro atoms. The first-order valence-electron chi connectivity index (χ1n) is 7.39. The Hall–Kier alpha value is -0.160. The first-order chi connectivity index (χ1) is 8.61. The molecule has 0 radical (unpaired) electrons. The van der Waals surface area contributed by atoms with E-state index in [-0.39, 0.29) is 6.61 Å². The van der Waals surface area contributed by atoms with Crippen LogP contribution in [0.5, 0.6) is 0 Å². The normalized spacial score (nSPS) is 35.8. The smallest absolute Gasteiger partial charge is 0.0774 e. The highest BCUT2D eigenvalue weighted by atomic mass is 16.3. The fraction of sp³-hybridized carbons (Fsp3) is 1.00. The third-order valence-electron chi connectivity index (χ3n) is 4.60. The molecule has 1 heterocycles. The number of hydrogen-bond donors (Lipinski definition) is 2. The van der Waals surface area contributed by atoms with Gasteiger partial charge in [0.05, 0.1) is 12.2 Å². The van der Waals surface area contributed by atoms with Crippen LogP contribution in [0.4, 0.5) is 0 Å². The molecule has 0 aromatic rings. The van der Waals surface area contributed by atoms with E-state index in [9.17, 15) is 5.11 Å². The predicted molar refractivity (Wildman–Crippen MR) is 72.5 cm³/mol. The lowest BCUT2D eigenvalue weighted by Gasteiger charge is -2.42. The number of aliphatic hydroxyl groups excluding tert-OH is 1. The van der Waals surface area contributed by atoms with E-state index >= 15 is 0 Å². The topological polar surface area (TPSA) is 46.9 Å². The van der Waals surface area contributed by atoms with Crippen molar-refractivity contribution in [3.05, 3.63) is 0 Å². The standard InChI is InChI=1S/C14H28N2O2/c1-13-2-4-14(18,5-3-13)12-16-8-6-15(7-9-16)10-11-17/h13,17-18H,2-12H2,1H3. The zero-order valence-electron chi connectivity index (χ0n) is 11.6. The lowest BCUT2D eigenvalue weighted by atomic mass is 9.79. The van der Waals surface area contributed by atoms with Crippen LogP contribution in [0, 0.1) is 5.92 Å². The van der Waals surface area contributed by atoms with Crippen molar-refractivity contribution in [2.45, 2.75) is 38.2 Å². The molecule has 4 nitrogen and oxygen atoms in total. The Bertz CT molecular complexity index is 244. The molecule has 1 saturated heterocycles. The van der Waals surface area contributed by atoms with Crippen LogP contribution < -0.4 is 0 Å². The van der Waals surface area contributed by atoms with E-state index < -0.39 is 5.60 Å². The maximum atomic E-state index is 10.6. The quantitative estimate of drug-likeness (QED) is 0.770. The van der Waals surface area contributed by atoms with Crippen molar-refractivity contribution in [1.82, 2.24) is 9.80 Å². The SMILES string of the molecule is CC1CCC(O)(CN2CCN(CCO)CC2)CC1. The van der Waals surface area contributed by atoms with Crippen LogP contribution in [0.15, 0.2) is 0 Å². The van der Waals surface area contributed by atoms with Crippen molar-refractivity contribution in [1.29, 1.82) is 0 Å². The molecule has 2 N–H and O–H groups in total. The van der Waals surface area contributed by atoms with E-state index in [4.69, 9.17) is 5.11 Å². The number of β-amino-alcohol motifs (C(OH)–C–C–N with tert-alkyl or cyclic N) is 2. The van der Waals surface area contributed by atoms with Crippen LogP contribution in [0.2, 0.25) is 0 Å². The number of hydrogen-bond acceptors (Lipinski definition) is 4. The van der Waals surface area contributed by atoms with Gasteiger partial charge >= 0.3 is 0 Å². The van der Waals surface area contributed by atoms with E-state index in [0.29, 0.717) is 0 Å². The lowest BCUT2D eigenvalue weighted by molar-refractivity contribution is -0.0438. The van der Waals surface area contributed by atoms with Crippen LogP contribution in [0.1, 0.15) is 32.6 Å². The molecule has 1 aliphatic carbocycles. The molecular formula is C14H28N2O2. The molecule has 0 atom stereocenters. The lowest BCUT2D eigenvalue weighted by Crippen LogP contribution is -2.53. The summed E-state index contributed by atoms with van der Waals surface area (Å²) < 4.78 is 0. The summed E-state index contributed by atoms with van der Waals surface area (Å²) in [7, 11) is 0. The van der Waals surface area contributed by atoms with E-state index in [1.807, 2.05) is 0 Å². The second kappa shape index (κ2) is 6.33. The van der Waals surface area contributed by atoms with Gasteiger partial charge in [0.1, 0.15) is 0 Å². The average Bonchev–Trinajstić information content (AvgIpc) is 2.36. The van der Waals surface area contributed by atoms with Gasteiger partial charge in [-0.05, 0) is 31.6 Å². The van der Waals surface area contributed by atoms with Crippen molar-refractivity contribution in [2.75, 3.05) is 45.9 Å². The highest BCUT2D eigenvalue weighted by molar-refractivity contribution is 4.88. The third kappa shape index (κ3) is 3.92. The van der Waals surface area contributed by atoms with Gasteiger partial charge in [0.25, 0.3) is 0 Å². The summed E-state index contributed by atoms with van der Waals surface area (Å²) in [6.07, 6.45) is 4.26. The molecule has 0 aromatic heterocycles. The Kier molecular flexibility index (Phi) is 5.01. The minimum Gasteiger partial charge on any atom is -0.395 e. The van der Waals surface area contributed by atoms with Crippen molar-refractivity contribution >= 4 is 0 Å². The van der Waals surface area contributed by atoms with Crippen LogP contribution in [0.25, 0.3) is 0 Å². The van der Waals surface area contributed by atoms with E-state index in [1.165, 1.54) is 12.8 Å². The Morgan fingerprint density at radius 2 is 1.61 bits per heavy atom. The van der Waals surface area contributed by atoms with Crippen molar-refractivity contribution in [3.63, 3.8) is 0 Å². The monoisotopic (exact) mass is 256 g/mol. The van der Waals surface area contributed by atoms with Crippen LogP contribution >= 0.6 is 0 Å². The Morgan fingerprint density at radius 3 is 2.17 bits per heavy atom. The fourth-order valence-corrected chi connectivity index (χ4v) is 3.19. The first-order valence-corrected chi connectivity index (χ1v) is 7.39. The number of piperazine rings is 1. The van der Waals surface area contributed by atoms with Gasteiger partial charge in [0, 0.05) is 39.3 Å². The predicted octanol–water partition coefficient (Wildman–Crippen LogP) is 0.537. The molecule has 18 heavy (non-hydrogen) atoms. The number of nitrogens with zero attached hydrogens (tertiary/aromatic N) is 2. The number of aliphatic hydroxyl groups is 2. The van der Waals surface area contributed by atoms with E-state index in [1.54, 1.807) is 0 Å². The van der Waals surface area contributed by atoms with Gasteiger partial charge in [-0.1, -0.05) is 6.92 Å². The highest BCUT2D eigenvalue weighted by Crippen LogP contribution is 2.32. The van der Waals surface area contributed by atoms with Gasteiger partial charge in [0.15, 0.2) is 0 Å². The van der Waals surface area contributed by atoms with Gasteiger partial charge in [-0.15, -0.1) is 0 Å². The van der Waals surface area contributed by atoms with Gasteiger partial charge in [-0.25, -0.2) is 0 Å². The maximum absolute atomic E-state index is 10.6. The van der Waals surface area contributed by atoms with Crippen molar-refractivity contribution in [3.8, 4) is 0 Å². The fourth-order valence-electron chi connectivity index (χ4n) is 3.19. The summed E-state index contributed by atoms with van der Waals surface area (Å²) in [5.74, 6) is 0.784. The molecule has 0 amide bonds. The Labute approximate surface area is 111 Å². The molecule has 2 rings (SSSR count). The summed E-state index contributed by atoms with van der Waals surface area (Å²) in [6.45, 7) is 8.26. The van der Waals surface area contributed by atoms with Gasteiger partial charge < -0.3 is 10.2 Å². The second-order valence-electron chi connectivity index (χ2n) is 6.25. The molecule has 0 aromatic carbocycles. The zero-order chi connectivity index (χ0) is 13.0. The summed E-state index contributed by atoms with van der Waals surface area (Å²) in [5, 5.41) is 19.5. The average molecular weight is 256 g/mol. The second-order valence-corrected chi connectivity index (χ2v) is 6.25. The van der Waals surface area contributed by atoms with Crippen LogP contribution in [-0.4, -0.2) is 71.5 Å². The molecule has 2 fully saturated rings. The molecular weight excluding hydrogens is 228 g/mol. The molecule has 0 unspecified atom stereocenters. The molecule has 1 aliphatic heterocycles. The third-order valence-corrected chi connectivity index (χ3v) is 4.60. The van der Waals surface area contributed by atoms with Crippen LogP contribution in [0.3, 0.4) is 0 Å². The van der Waals surface area contributed by atoms with Gasteiger partial charge in [-0.2, -0.15) is 0 Å². The zero-order valence-corrected chi connectivity index (χ0v) is 11.6. The summed E-state index contributed by atoms with van der Waals surface area (Å²) in [5.41, 5.74) is -0.439. The first kappa shape index (κ1) is 14.3. The Morgan fingerprint density at radius 1 is 1.06 bits per heavy atom. The molecule has 0 bridgehead atoms. The Balaban J connectivity index is 1.74. The molecule has 4 heteroatoms. The molecule has 106 valence electrons. The van der Waals surface area contributed by atoms with Gasteiger partial charge in [0.2, 0.25) is 0 Å². The van der Waals surface area contributed by atoms with E-state index in [2.05, 4.69) is 16.7 Å². The van der Waals surface area contributed by atoms with Crippen molar-refractivity contribution < 1.29 is 10.2 Å². The highest BCUT2D eigenvalue weighted by Gasteiger charge is 2.34. The summed E-state index contributed by atoms with van der Waals surface area (Å²) >= 11 is 0. The van der Waals surface area contributed by atoms with Gasteiger partial charge in [-0.3, -0.25) is 9.80 Å². The largest absolute Gasteiger partial charge is 0.395 e. The molecule has 1 saturated carbocycles. The maximum Gasteiger partial charge on any atom is 0.0774 e. The summed E-state index contributed by atoms with van der Waals surface area (Å²) in [6, 6.07) is 0. The minimum absolute atomic E-state index is 0.252. The number of rotatable bonds is 4. The summed E-state index contributed by atoms with van der Waals surface area (Å²) in [4.78, 5) is 4.69. The van der Waals surface area contributed by atoms with Crippen LogP contribution in [-0.2, 0) is 0 Å². The molecule has 2 aliphatic rings. The van der Waals surface area contributed by atoms with Crippen molar-refractivity contribution in [2.24, 2.45) is 5.92 Å². The van der Waals surface area contributed by atoms with E-state index in [0.717, 1.165) is 58.0 Å².